The van der Waals surface area contributed by atoms with E-state index in [1.807, 2.05) is 0 Å². The molecule has 0 spiro atoms. The number of halogens is 1. The molecule has 0 unspecified atom stereocenters. The summed E-state index contributed by atoms with van der Waals surface area (Å²) in [7, 11) is -2.05. The van der Waals surface area contributed by atoms with E-state index in [-0.39, 0.29) is 18.9 Å². The lowest BCUT2D eigenvalue weighted by atomic mass is 10.3. The maximum atomic E-state index is 12.9. The molecule has 0 amide bonds. The normalized spacial score (nSPS) is 11.5. The highest BCUT2D eigenvalue weighted by atomic mass is 32.2. The van der Waals surface area contributed by atoms with Gasteiger partial charge in [-0.2, -0.15) is 0 Å². The van der Waals surface area contributed by atoms with Crippen LogP contribution >= 0.6 is 0 Å². The van der Waals surface area contributed by atoms with Gasteiger partial charge in [0.15, 0.2) is 0 Å². The minimum absolute atomic E-state index is 0.114. The first-order chi connectivity index (χ1) is 9.01. The van der Waals surface area contributed by atoms with Crippen molar-refractivity contribution in [3.63, 3.8) is 0 Å². The highest BCUT2D eigenvalue weighted by molar-refractivity contribution is 7.92. The summed E-state index contributed by atoms with van der Waals surface area (Å²) < 4.78 is 43.3. The number of nitrogens with zero attached hydrogens (tertiary/aromatic N) is 1. The molecule has 108 valence electrons. The largest absolute Gasteiger partial charge is 0.384 e. The van der Waals surface area contributed by atoms with E-state index in [4.69, 9.17) is 10.5 Å². The third-order valence-electron chi connectivity index (χ3n) is 2.56. The quantitative estimate of drug-likeness (QED) is 0.774. The number of hydrogen-bond donors (Lipinski definition) is 1. The zero-order chi connectivity index (χ0) is 14.3. The van der Waals surface area contributed by atoms with Crippen molar-refractivity contribution in [1.29, 1.82) is 0 Å². The van der Waals surface area contributed by atoms with Crippen molar-refractivity contribution in [1.82, 2.24) is 0 Å². The Morgan fingerprint density at radius 2 is 1.95 bits per heavy atom. The number of rotatable bonds is 8. The summed E-state index contributed by atoms with van der Waals surface area (Å²) in [6.45, 7) is 0.772. The first-order valence-electron chi connectivity index (χ1n) is 5.96. The average Bonchev–Trinajstić information content (AvgIpc) is 2.39. The van der Waals surface area contributed by atoms with Gasteiger partial charge in [-0.25, -0.2) is 12.8 Å². The lowest BCUT2D eigenvalue weighted by molar-refractivity contribution is 0.217. The molecule has 7 heteroatoms. The molecule has 0 bridgehead atoms. The van der Waals surface area contributed by atoms with Crippen LogP contribution in [-0.2, 0) is 14.8 Å². The van der Waals surface area contributed by atoms with Crippen LogP contribution in [0.4, 0.5) is 10.1 Å². The Morgan fingerprint density at radius 3 is 2.47 bits per heavy atom. The minimum Gasteiger partial charge on any atom is -0.384 e. The molecule has 2 N–H and O–H groups in total. The van der Waals surface area contributed by atoms with E-state index >= 15 is 0 Å². The summed E-state index contributed by atoms with van der Waals surface area (Å²) in [4.78, 5) is 0. The molecule has 1 aromatic carbocycles. The molecule has 0 saturated heterocycles. The average molecular weight is 290 g/mol. The number of ether oxygens (including phenoxy) is 1. The Morgan fingerprint density at radius 1 is 1.32 bits per heavy atom. The van der Waals surface area contributed by atoms with Gasteiger partial charge in [-0.05, 0) is 37.2 Å². The van der Waals surface area contributed by atoms with Crippen molar-refractivity contribution in [2.24, 2.45) is 5.73 Å². The van der Waals surface area contributed by atoms with Gasteiger partial charge in [0.25, 0.3) is 0 Å². The molecule has 0 aliphatic heterocycles. The van der Waals surface area contributed by atoms with Crippen LogP contribution in [0.1, 0.15) is 6.42 Å². The Labute approximate surface area is 113 Å². The maximum Gasteiger partial charge on any atom is 0.237 e. The fraction of sp³-hybridized carbons (Fsp3) is 0.500. The second-order valence-corrected chi connectivity index (χ2v) is 6.01. The van der Waals surface area contributed by atoms with Crippen LogP contribution in [0.25, 0.3) is 0 Å². The number of anilines is 1. The van der Waals surface area contributed by atoms with Crippen LogP contribution in [0.2, 0.25) is 0 Å². The van der Waals surface area contributed by atoms with Gasteiger partial charge in [-0.3, -0.25) is 4.31 Å². The number of sulfonamides is 1. The predicted octanol–water partition coefficient (Wildman–Crippen LogP) is 0.957. The zero-order valence-electron chi connectivity index (χ0n) is 10.9. The van der Waals surface area contributed by atoms with Gasteiger partial charge < -0.3 is 10.5 Å². The third kappa shape index (κ3) is 4.77. The van der Waals surface area contributed by atoms with E-state index in [2.05, 4.69) is 0 Å². The molecule has 0 aliphatic carbocycles. The van der Waals surface area contributed by atoms with Crippen molar-refractivity contribution in [3.8, 4) is 0 Å². The molecule has 0 aromatic heterocycles. The lowest BCUT2D eigenvalue weighted by Crippen LogP contribution is -2.36. The molecule has 0 fully saturated rings. The van der Waals surface area contributed by atoms with Crippen molar-refractivity contribution >= 4 is 15.7 Å². The van der Waals surface area contributed by atoms with Crippen LogP contribution in [-0.4, -0.2) is 41.0 Å². The third-order valence-corrected chi connectivity index (χ3v) is 4.31. The van der Waals surface area contributed by atoms with Gasteiger partial charge in [0, 0.05) is 13.7 Å². The van der Waals surface area contributed by atoms with Gasteiger partial charge in [-0.1, -0.05) is 0 Å². The van der Waals surface area contributed by atoms with Gasteiger partial charge in [-0.15, -0.1) is 0 Å². The van der Waals surface area contributed by atoms with E-state index in [9.17, 15) is 12.8 Å². The molecule has 0 atom stereocenters. The number of nitrogens with two attached hydrogens (primary N) is 1. The standard InChI is InChI=1S/C12H19FN2O3S/c1-18-9-10-19(16,17)15(8-2-7-14)12-5-3-11(13)4-6-12/h3-6H,2,7-10,14H2,1H3. The second-order valence-electron chi connectivity index (χ2n) is 4.00. The summed E-state index contributed by atoms with van der Waals surface area (Å²) in [6, 6.07) is 5.35. The Kier molecular flexibility index (Phi) is 6.20. The van der Waals surface area contributed by atoms with E-state index in [1.54, 1.807) is 0 Å². The molecule has 1 aromatic rings. The molecular weight excluding hydrogens is 271 g/mol. The molecule has 0 saturated carbocycles. The van der Waals surface area contributed by atoms with Crippen LogP contribution < -0.4 is 10.0 Å². The SMILES string of the molecule is COCCS(=O)(=O)N(CCCN)c1ccc(F)cc1. The molecule has 0 aliphatic rings. The van der Waals surface area contributed by atoms with Gasteiger partial charge in [0.1, 0.15) is 5.82 Å². The fourth-order valence-corrected chi connectivity index (χ4v) is 3.02. The number of hydrogen-bond acceptors (Lipinski definition) is 4. The first-order valence-corrected chi connectivity index (χ1v) is 7.57. The highest BCUT2D eigenvalue weighted by Gasteiger charge is 2.21. The summed E-state index contributed by atoms with van der Waals surface area (Å²) in [6.07, 6.45) is 0.531. The smallest absolute Gasteiger partial charge is 0.237 e. The highest BCUT2D eigenvalue weighted by Crippen LogP contribution is 2.19. The van der Waals surface area contributed by atoms with Crippen LogP contribution in [0.15, 0.2) is 24.3 Å². The second kappa shape index (κ2) is 7.42. The van der Waals surface area contributed by atoms with Gasteiger partial charge >= 0.3 is 0 Å². The van der Waals surface area contributed by atoms with Crippen LogP contribution in [0.3, 0.4) is 0 Å². The molecule has 19 heavy (non-hydrogen) atoms. The van der Waals surface area contributed by atoms with Gasteiger partial charge in [0.2, 0.25) is 10.0 Å². The topological polar surface area (TPSA) is 72.6 Å². The van der Waals surface area contributed by atoms with Crippen molar-refractivity contribution in [3.05, 3.63) is 30.1 Å². The van der Waals surface area contributed by atoms with Crippen molar-refractivity contribution in [2.75, 3.05) is 36.9 Å². The lowest BCUT2D eigenvalue weighted by Gasteiger charge is -2.24. The molecule has 5 nitrogen and oxygen atoms in total. The Bertz CT molecular complexity index is 476. The summed E-state index contributed by atoms with van der Waals surface area (Å²) in [5.74, 6) is -0.525. The zero-order valence-corrected chi connectivity index (χ0v) is 11.7. The van der Waals surface area contributed by atoms with E-state index in [0.717, 1.165) is 0 Å². The van der Waals surface area contributed by atoms with Crippen molar-refractivity contribution < 1.29 is 17.5 Å². The summed E-state index contributed by atoms with van der Waals surface area (Å²) >= 11 is 0. The van der Waals surface area contributed by atoms with Crippen molar-refractivity contribution in [2.45, 2.75) is 6.42 Å². The van der Waals surface area contributed by atoms with Crippen LogP contribution in [0.5, 0.6) is 0 Å². The first kappa shape index (κ1) is 15.9. The molecule has 0 radical (unpaired) electrons. The maximum absolute atomic E-state index is 12.9. The predicted molar refractivity (Wildman–Crippen MR) is 73.1 cm³/mol. The summed E-state index contributed by atoms with van der Waals surface area (Å²) in [5.41, 5.74) is 5.85. The van der Waals surface area contributed by atoms with Gasteiger partial charge in [0.05, 0.1) is 18.0 Å². The molecule has 1 rings (SSSR count). The Balaban J connectivity index is 2.96. The fourth-order valence-electron chi connectivity index (χ4n) is 1.57. The molecule has 0 heterocycles. The number of methoxy groups -OCH3 is 1. The van der Waals surface area contributed by atoms with E-state index in [0.29, 0.717) is 18.7 Å². The molecular formula is C12H19FN2O3S. The van der Waals surface area contributed by atoms with Crippen LogP contribution in [0, 0.1) is 5.82 Å². The Hall–Kier alpha value is -1.18. The monoisotopic (exact) mass is 290 g/mol. The summed E-state index contributed by atoms with van der Waals surface area (Å²) in [5, 5.41) is 0. The minimum atomic E-state index is -3.49. The van der Waals surface area contributed by atoms with E-state index < -0.39 is 15.8 Å². The van der Waals surface area contributed by atoms with E-state index in [1.165, 1.54) is 35.7 Å². The number of benzene rings is 1.